The van der Waals surface area contributed by atoms with Crippen LogP contribution in [0.1, 0.15) is 0 Å². The highest BCUT2D eigenvalue weighted by Crippen LogP contribution is 2.38. The Hall–Kier alpha value is -1.52. The van der Waals surface area contributed by atoms with Crippen LogP contribution in [0.25, 0.3) is 31.2 Å². The van der Waals surface area contributed by atoms with Crippen LogP contribution < -0.4 is 0 Å². The smallest absolute Gasteiger partial charge is 0.107 e. The predicted octanol–water partition coefficient (Wildman–Crippen LogP) is 4.06. The molecule has 1 aromatic carbocycles. The van der Waals surface area contributed by atoms with Crippen molar-refractivity contribution in [1.29, 1.82) is 0 Å². The van der Waals surface area contributed by atoms with Crippen LogP contribution in [0.2, 0.25) is 0 Å². The molecule has 0 amide bonds. The fourth-order valence-electron chi connectivity index (χ4n) is 2.08. The van der Waals surface area contributed by atoms with Crippen molar-refractivity contribution in [1.82, 2.24) is 9.97 Å². The van der Waals surface area contributed by atoms with E-state index in [0.717, 1.165) is 11.0 Å². The zero-order valence-corrected chi connectivity index (χ0v) is 9.81. The molecular formula is C12H6N2S2. The van der Waals surface area contributed by atoms with Gasteiger partial charge in [-0.05, 0) is 22.9 Å². The van der Waals surface area contributed by atoms with E-state index in [-0.39, 0.29) is 0 Å². The van der Waals surface area contributed by atoms with Crippen molar-refractivity contribution in [3.8, 4) is 0 Å². The van der Waals surface area contributed by atoms with E-state index >= 15 is 0 Å². The monoisotopic (exact) mass is 242 g/mol. The summed E-state index contributed by atoms with van der Waals surface area (Å²) in [6, 6.07) is 4.31. The van der Waals surface area contributed by atoms with Gasteiger partial charge in [0.05, 0.1) is 10.2 Å². The average molecular weight is 242 g/mol. The molecule has 0 fully saturated rings. The highest BCUT2D eigenvalue weighted by molar-refractivity contribution is 7.21. The maximum absolute atomic E-state index is 4.46. The van der Waals surface area contributed by atoms with Gasteiger partial charge in [0.1, 0.15) is 5.52 Å². The summed E-state index contributed by atoms with van der Waals surface area (Å²) >= 11 is 3.51. The second kappa shape index (κ2) is 2.99. The molecule has 0 radical (unpaired) electrons. The molecule has 0 aliphatic heterocycles. The van der Waals surface area contributed by atoms with E-state index in [1.54, 1.807) is 35.1 Å². The summed E-state index contributed by atoms with van der Waals surface area (Å²) in [5.74, 6) is 0. The molecule has 4 aromatic rings. The molecule has 0 aliphatic carbocycles. The van der Waals surface area contributed by atoms with Crippen molar-refractivity contribution < 1.29 is 0 Å². The minimum Gasteiger partial charge on any atom is -0.252 e. The van der Waals surface area contributed by atoms with Crippen molar-refractivity contribution in [3.63, 3.8) is 0 Å². The molecule has 0 saturated heterocycles. The van der Waals surface area contributed by atoms with Crippen molar-refractivity contribution in [2.45, 2.75) is 0 Å². The molecule has 76 valence electrons. The highest BCUT2D eigenvalue weighted by Gasteiger charge is 2.11. The van der Waals surface area contributed by atoms with Crippen LogP contribution in [0.3, 0.4) is 0 Å². The Morgan fingerprint density at radius 3 is 2.31 bits per heavy atom. The Morgan fingerprint density at radius 1 is 0.750 bits per heavy atom. The van der Waals surface area contributed by atoms with Gasteiger partial charge in [-0.25, -0.2) is 0 Å². The number of nitrogens with zero attached hydrogens (tertiary/aromatic N) is 2. The Bertz CT molecular complexity index is 744. The zero-order chi connectivity index (χ0) is 10.5. The summed E-state index contributed by atoms with van der Waals surface area (Å²) in [7, 11) is 0. The van der Waals surface area contributed by atoms with Crippen molar-refractivity contribution in [2.75, 3.05) is 0 Å². The topological polar surface area (TPSA) is 25.8 Å². The average Bonchev–Trinajstić information content (AvgIpc) is 2.98. The lowest BCUT2D eigenvalue weighted by Gasteiger charge is -2.00. The van der Waals surface area contributed by atoms with Gasteiger partial charge >= 0.3 is 0 Å². The molecule has 0 atom stereocenters. The molecule has 0 aliphatic rings. The Morgan fingerprint density at radius 2 is 1.44 bits per heavy atom. The Labute approximate surface area is 99.2 Å². The van der Waals surface area contributed by atoms with Gasteiger partial charge in [-0.2, -0.15) is 0 Å². The number of fused-ring (bicyclic) bond motifs is 6. The van der Waals surface area contributed by atoms with E-state index in [0.29, 0.717) is 0 Å². The van der Waals surface area contributed by atoms with Crippen LogP contribution in [0.15, 0.2) is 35.3 Å². The summed E-state index contributed by atoms with van der Waals surface area (Å²) < 4.78 is 2.57. The maximum atomic E-state index is 4.46. The lowest BCUT2D eigenvalue weighted by molar-refractivity contribution is 1.31. The second-order valence-electron chi connectivity index (χ2n) is 3.58. The minimum atomic E-state index is 1.02. The highest BCUT2D eigenvalue weighted by atomic mass is 32.1. The summed E-state index contributed by atoms with van der Waals surface area (Å²) in [5.41, 5.74) is 2.05. The third kappa shape index (κ3) is 0.956. The summed E-state index contributed by atoms with van der Waals surface area (Å²) in [4.78, 5) is 8.93. The normalized spacial score (nSPS) is 11.8. The fraction of sp³-hybridized carbons (Fsp3) is 0. The van der Waals surface area contributed by atoms with E-state index in [9.17, 15) is 0 Å². The van der Waals surface area contributed by atoms with E-state index in [1.807, 2.05) is 0 Å². The molecule has 0 N–H and O–H groups in total. The van der Waals surface area contributed by atoms with Crippen LogP contribution >= 0.6 is 22.7 Å². The molecule has 3 heterocycles. The molecule has 0 saturated carbocycles. The van der Waals surface area contributed by atoms with E-state index in [1.165, 1.54) is 20.2 Å². The van der Waals surface area contributed by atoms with Gasteiger partial charge in [0.2, 0.25) is 0 Å². The van der Waals surface area contributed by atoms with Crippen molar-refractivity contribution in [2.24, 2.45) is 0 Å². The zero-order valence-electron chi connectivity index (χ0n) is 8.18. The summed E-state index contributed by atoms with van der Waals surface area (Å²) in [6.45, 7) is 0. The van der Waals surface area contributed by atoms with E-state index in [2.05, 4.69) is 32.9 Å². The molecule has 0 spiro atoms. The van der Waals surface area contributed by atoms with Gasteiger partial charge < -0.3 is 0 Å². The quantitative estimate of drug-likeness (QED) is 0.464. The first-order valence-corrected chi connectivity index (χ1v) is 6.68. The largest absolute Gasteiger partial charge is 0.252 e. The molecule has 3 aromatic heterocycles. The summed E-state index contributed by atoms with van der Waals surface area (Å²) in [5, 5.41) is 6.77. The third-order valence-electron chi connectivity index (χ3n) is 2.74. The van der Waals surface area contributed by atoms with Crippen LogP contribution in [-0.4, -0.2) is 9.97 Å². The van der Waals surface area contributed by atoms with E-state index < -0.39 is 0 Å². The maximum Gasteiger partial charge on any atom is 0.107 e. The molecule has 4 heteroatoms. The number of rotatable bonds is 0. The second-order valence-corrected chi connectivity index (χ2v) is 5.41. The van der Waals surface area contributed by atoms with Crippen LogP contribution in [0.4, 0.5) is 0 Å². The van der Waals surface area contributed by atoms with Gasteiger partial charge in [0.25, 0.3) is 0 Å². The van der Waals surface area contributed by atoms with Crippen LogP contribution in [-0.2, 0) is 0 Å². The Kier molecular flexibility index (Phi) is 1.61. The lowest BCUT2D eigenvalue weighted by Crippen LogP contribution is -1.82. The van der Waals surface area contributed by atoms with Crippen LogP contribution in [0.5, 0.6) is 0 Å². The van der Waals surface area contributed by atoms with Crippen LogP contribution in [0, 0.1) is 0 Å². The van der Waals surface area contributed by atoms with Gasteiger partial charge in [0, 0.05) is 27.9 Å². The number of hydrogen-bond donors (Lipinski definition) is 0. The number of aromatic nitrogens is 2. The standard InChI is InChI=1S/C12H6N2S2/c1-5-15-11-7(1)9-10(14-4-3-13-9)12-8(11)2-6-16-12/h1-6H. The molecule has 2 nitrogen and oxygen atoms in total. The molecule has 16 heavy (non-hydrogen) atoms. The molecule has 4 rings (SSSR count). The van der Waals surface area contributed by atoms with Crippen molar-refractivity contribution >= 4 is 53.9 Å². The lowest BCUT2D eigenvalue weighted by atomic mass is 10.1. The Balaban J connectivity index is 2.51. The molecule has 0 bridgehead atoms. The predicted molar refractivity (Wildman–Crippen MR) is 70.3 cm³/mol. The number of hydrogen-bond acceptors (Lipinski definition) is 4. The van der Waals surface area contributed by atoms with Crippen molar-refractivity contribution in [3.05, 3.63) is 35.3 Å². The first-order chi connectivity index (χ1) is 7.95. The fourth-order valence-corrected chi connectivity index (χ4v) is 3.97. The van der Waals surface area contributed by atoms with Gasteiger partial charge in [-0.15, -0.1) is 22.7 Å². The molecule has 0 unspecified atom stereocenters. The SMILES string of the molecule is c1cnc2c(n1)c1ccsc1c1ccsc12. The van der Waals surface area contributed by atoms with Gasteiger partial charge in [0.15, 0.2) is 0 Å². The van der Waals surface area contributed by atoms with Gasteiger partial charge in [-0.1, -0.05) is 0 Å². The first kappa shape index (κ1) is 8.61. The molecular weight excluding hydrogens is 236 g/mol. The van der Waals surface area contributed by atoms with E-state index in [4.69, 9.17) is 0 Å². The minimum absolute atomic E-state index is 1.02. The number of benzene rings is 1. The summed E-state index contributed by atoms with van der Waals surface area (Å²) in [6.07, 6.45) is 3.53. The first-order valence-electron chi connectivity index (χ1n) is 4.92. The van der Waals surface area contributed by atoms with Gasteiger partial charge in [-0.3, -0.25) is 9.97 Å². The third-order valence-corrected chi connectivity index (χ3v) is 4.61. The number of thiophene rings is 2.